The van der Waals surface area contributed by atoms with Crippen LogP contribution in [0.25, 0.3) is 0 Å². The van der Waals surface area contributed by atoms with Gasteiger partial charge < -0.3 is 15.5 Å². The molecule has 1 amide bonds. The Morgan fingerprint density at radius 3 is 2.57 bits per heavy atom. The number of benzene rings is 1. The monoisotopic (exact) mass is 309 g/mol. The Labute approximate surface area is 131 Å². The van der Waals surface area contributed by atoms with E-state index < -0.39 is 0 Å². The van der Waals surface area contributed by atoms with E-state index in [1.165, 1.54) is 0 Å². The van der Waals surface area contributed by atoms with Gasteiger partial charge in [-0.05, 0) is 51.4 Å². The van der Waals surface area contributed by atoms with E-state index in [9.17, 15) is 4.79 Å². The number of carbonyl (C=O) groups excluding carboxylic acids is 1. The van der Waals surface area contributed by atoms with Gasteiger partial charge in [-0.3, -0.25) is 15.6 Å². The lowest BCUT2D eigenvalue weighted by atomic mass is 10.3. The largest absolute Gasteiger partial charge is 0.376 e. The minimum atomic E-state index is -0.184. The average Bonchev–Trinajstić information content (AvgIpc) is 2.48. The Balaban J connectivity index is 2.08. The lowest BCUT2D eigenvalue weighted by molar-refractivity contribution is -0.119. The zero-order chi connectivity index (χ0) is 15.5. The molecule has 7 heteroatoms. The third-order valence-corrected chi connectivity index (χ3v) is 2.86. The fraction of sp³-hybridized carbons (Fsp3) is 0.429. The normalized spacial score (nSPS) is 10.0. The zero-order valence-corrected chi connectivity index (χ0v) is 13.3. The summed E-state index contributed by atoms with van der Waals surface area (Å²) in [5.41, 5.74) is 6.11. The minimum absolute atomic E-state index is 0.181. The smallest absolute Gasteiger partial charge is 0.257 e. The van der Waals surface area contributed by atoms with Crippen LogP contribution in [0.2, 0.25) is 0 Å². The summed E-state index contributed by atoms with van der Waals surface area (Å²) in [7, 11) is 4.05. The highest BCUT2D eigenvalue weighted by atomic mass is 32.1. The van der Waals surface area contributed by atoms with Gasteiger partial charge >= 0.3 is 0 Å². The molecule has 0 aliphatic carbocycles. The number of hydrogen-bond donors (Lipinski definition) is 4. The Morgan fingerprint density at radius 2 is 1.90 bits per heavy atom. The van der Waals surface area contributed by atoms with E-state index in [1.54, 1.807) is 0 Å². The van der Waals surface area contributed by atoms with Crippen molar-refractivity contribution in [3.8, 4) is 0 Å². The second-order valence-corrected chi connectivity index (χ2v) is 5.21. The lowest BCUT2D eigenvalue weighted by Crippen LogP contribution is -2.48. The molecule has 0 aliphatic heterocycles. The fourth-order valence-electron chi connectivity index (χ4n) is 1.55. The van der Waals surface area contributed by atoms with E-state index in [1.807, 2.05) is 44.4 Å². The van der Waals surface area contributed by atoms with Crippen molar-refractivity contribution in [2.75, 3.05) is 39.0 Å². The number of rotatable bonds is 7. The van der Waals surface area contributed by atoms with Crippen LogP contribution in [0.4, 0.5) is 5.69 Å². The molecule has 1 aromatic carbocycles. The first-order valence-electron chi connectivity index (χ1n) is 6.84. The first-order valence-corrected chi connectivity index (χ1v) is 7.25. The molecule has 0 heterocycles. The number of amides is 1. The predicted molar refractivity (Wildman–Crippen MR) is 90.0 cm³/mol. The Kier molecular flexibility index (Phi) is 8.15. The maximum absolute atomic E-state index is 11.6. The van der Waals surface area contributed by atoms with Gasteiger partial charge in [0.1, 0.15) is 0 Å². The number of thiocarbonyl (C=S) groups is 1. The van der Waals surface area contributed by atoms with E-state index >= 15 is 0 Å². The molecular weight excluding hydrogens is 286 g/mol. The quantitative estimate of drug-likeness (QED) is 0.335. The van der Waals surface area contributed by atoms with Crippen molar-refractivity contribution in [3.05, 3.63) is 30.3 Å². The first kappa shape index (κ1) is 17.2. The Bertz CT molecular complexity index is 438. The van der Waals surface area contributed by atoms with Crippen LogP contribution in [0.1, 0.15) is 6.42 Å². The number of anilines is 1. The molecule has 0 radical (unpaired) electrons. The van der Waals surface area contributed by atoms with E-state index in [0.717, 1.165) is 25.2 Å². The van der Waals surface area contributed by atoms with Gasteiger partial charge in [-0.1, -0.05) is 18.2 Å². The standard InChI is InChI=1S/C14H23N5OS/c1-19(2)10-6-9-15-14(21)18-17-13(20)11-16-12-7-4-3-5-8-12/h3-5,7-8,16H,6,9-11H2,1-2H3,(H,17,20)(H2,15,18,21). The summed E-state index contributed by atoms with van der Waals surface area (Å²) in [4.78, 5) is 13.7. The molecule has 0 aliphatic rings. The summed E-state index contributed by atoms with van der Waals surface area (Å²) in [5, 5.41) is 6.46. The van der Waals surface area contributed by atoms with E-state index in [4.69, 9.17) is 12.2 Å². The van der Waals surface area contributed by atoms with Crippen LogP contribution in [-0.2, 0) is 4.79 Å². The maximum Gasteiger partial charge on any atom is 0.257 e. The van der Waals surface area contributed by atoms with Crippen LogP contribution >= 0.6 is 12.2 Å². The van der Waals surface area contributed by atoms with Crippen molar-refractivity contribution in [1.82, 2.24) is 21.1 Å². The molecule has 0 saturated carbocycles. The molecule has 0 fully saturated rings. The molecule has 4 N–H and O–H groups in total. The topological polar surface area (TPSA) is 68.4 Å². The SMILES string of the molecule is CN(C)CCCNC(=S)NNC(=O)CNc1ccccc1. The van der Waals surface area contributed by atoms with E-state index in [-0.39, 0.29) is 12.5 Å². The lowest BCUT2D eigenvalue weighted by Gasteiger charge is -2.13. The molecule has 0 unspecified atom stereocenters. The van der Waals surface area contributed by atoms with Crippen molar-refractivity contribution in [2.24, 2.45) is 0 Å². The van der Waals surface area contributed by atoms with E-state index in [0.29, 0.717) is 5.11 Å². The van der Waals surface area contributed by atoms with Crippen LogP contribution < -0.4 is 21.5 Å². The summed E-state index contributed by atoms with van der Waals surface area (Å²) in [6, 6.07) is 9.54. The fourth-order valence-corrected chi connectivity index (χ4v) is 1.70. The van der Waals surface area contributed by atoms with Crippen LogP contribution in [0.15, 0.2) is 30.3 Å². The highest BCUT2D eigenvalue weighted by Gasteiger charge is 2.01. The summed E-state index contributed by atoms with van der Waals surface area (Å²) in [6.07, 6.45) is 0.984. The summed E-state index contributed by atoms with van der Waals surface area (Å²) >= 11 is 5.06. The van der Waals surface area contributed by atoms with Gasteiger partial charge in [-0.2, -0.15) is 0 Å². The minimum Gasteiger partial charge on any atom is -0.376 e. The van der Waals surface area contributed by atoms with E-state index in [2.05, 4.69) is 26.4 Å². The predicted octanol–water partition coefficient (Wildman–Crippen LogP) is 0.546. The molecule has 116 valence electrons. The average molecular weight is 309 g/mol. The van der Waals surface area contributed by atoms with Crippen molar-refractivity contribution < 1.29 is 4.79 Å². The third kappa shape index (κ3) is 8.83. The van der Waals surface area contributed by atoms with Crippen molar-refractivity contribution in [1.29, 1.82) is 0 Å². The molecule has 0 bridgehead atoms. The molecule has 0 spiro atoms. The zero-order valence-electron chi connectivity index (χ0n) is 12.5. The molecule has 0 saturated heterocycles. The van der Waals surface area contributed by atoms with Gasteiger partial charge in [0.05, 0.1) is 6.54 Å². The Morgan fingerprint density at radius 1 is 1.19 bits per heavy atom. The third-order valence-electron chi connectivity index (χ3n) is 2.61. The maximum atomic E-state index is 11.6. The number of hydrogen-bond acceptors (Lipinski definition) is 4. The molecule has 6 nitrogen and oxygen atoms in total. The molecule has 21 heavy (non-hydrogen) atoms. The molecule has 1 aromatic rings. The second kappa shape index (κ2) is 9.95. The van der Waals surface area contributed by atoms with Crippen LogP contribution in [-0.4, -0.2) is 49.6 Å². The van der Waals surface area contributed by atoms with Gasteiger partial charge in [0, 0.05) is 12.2 Å². The van der Waals surface area contributed by atoms with Crippen LogP contribution in [0.3, 0.4) is 0 Å². The first-order chi connectivity index (χ1) is 10.1. The summed E-state index contributed by atoms with van der Waals surface area (Å²) in [5.74, 6) is -0.184. The number of hydrazine groups is 1. The number of nitrogens with zero attached hydrogens (tertiary/aromatic N) is 1. The molecule has 1 rings (SSSR count). The number of para-hydroxylation sites is 1. The van der Waals surface area contributed by atoms with Gasteiger partial charge in [-0.15, -0.1) is 0 Å². The Hall–Kier alpha value is -1.86. The van der Waals surface area contributed by atoms with Gasteiger partial charge in [-0.25, -0.2) is 0 Å². The number of nitrogens with one attached hydrogen (secondary N) is 4. The van der Waals surface area contributed by atoms with Gasteiger partial charge in [0.2, 0.25) is 0 Å². The van der Waals surface area contributed by atoms with Crippen molar-refractivity contribution in [3.63, 3.8) is 0 Å². The van der Waals surface area contributed by atoms with Crippen LogP contribution in [0, 0.1) is 0 Å². The summed E-state index contributed by atoms with van der Waals surface area (Å²) in [6.45, 7) is 1.94. The highest BCUT2D eigenvalue weighted by Crippen LogP contribution is 2.03. The van der Waals surface area contributed by atoms with Gasteiger partial charge in [0.15, 0.2) is 5.11 Å². The van der Waals surface area contributed by atoms with Crippen LogP contribution in [0.5, 0.6) is 0 Å². The molecule has 0 atom stereocenters. The van der Waals surface area contributed by atoms with Crippen molar-refractivity contribution in [2.45, 2.75) is 6.42 Å². The highest BCUT2D eigenvalue weighted by molar-refractivity contribution is 7.80. The second-order valence-electron chi connectivity index (χ2n) is 4.81. The summed E-state index contributed by atoms with van der Waals surface area (Å²) < 4.78 is 0. The molecular formula is C14H23N5OS. The molecule has 0 aromatic heterocycles. The van der Waals surface area contributed by atoms with Crippen molar-refractivity contribution >= 4 is 28.9 Å². The van der Waals surface area contributed by atoms with Gasteiger partial charge in [0.25, 0.3) is 5.91 Å². The number of carbonyl (C=O) groups is 1.